The second kappa shape index (κ2) is 2.38. The summed E-state index contributed by atoms with van der Waals surface area (Å²) in [6.45, 7) is -0.648. The first kappa shape index (κ1) is 7.21. The highest BCUT2D eigenvalue weighted by atomic mass is 19.3. The van der Waals surface area contributed by atoms with Crippen molar-refractivity contribution in [2.45, 2.75) is 5.92 Å². The molecule has 0 saturated heterocycles. The number of rotatable bonds is 2. The lowest BCUT2D eigenvalue weighted by molar-refractivity contribution is 0.00610. The van der Waals surface area contributed by atoms with Crippen molar-refractivity contribution in [1.29, 1.82) is 0 Å². The van der Waals surface area contributed by atoms with Gasteiger partial charge in [-0.1, -0.05) is 0 Å². The number of hydrogen-bond acceptors (Lipinski definition) is 1. The molecule has 56 valence electrons. The smallest absolute Gasteiger partial charge is 0.286 e. The average Bonchev–Trinajstić information content (AvgIpc) is 2.38. The van der Waals surface area contributed by atoms with Crippen molar-refractivity contribution >= 4 is 0 Å². The van der Waals surface area contributed by atoms with E-state index in [2.05, 4.69) is 4.98 Å². The predicted octanol–water partition coefficient (Wildman–Crippen LogP) is 1.07. The minimum absolute atomic E-state index is 0.0602. The SMILES string of the molecule is NCC(F)(F)c1cc[nH]c1. The first-order chi connectivity index (χ1) is 4.67. The molecule has 3 N–H and O–H groups in total. The molecule has 1 heterocycles. The second-order valence-electron chi connectivity index (χ2n) is 2.01. The summed E-state index contributed by atoms with van der Waals surface area (Å²) in [5.41, 5.74) is 4.77. The highest BCUT2D eigenvalue weighted by molar-refractivity contribution is 5.15. The van der Waals surface area contributed by atoms with Crippen molar-refractivity contribution in [3.05, 3.63) is 24.0 Å². The molecule has 1 aromatic heterocycles. The molecule has 4 heteroatoms. The lowest BCUT2D eigenvalue weighted by Gasteiger charge is -2.10. The molecule has 0 aliphatic heterocycles. The summed E-state index contributed by atoms with van der Waals surface area (Å²) >= 11 is 0. The molecule has 0 aliphatic carbocycles. The van der Waals surface area contributed by atoms with Crippen LogP contribution >= 0.6 is 0 Å². The van der Waals surface area contributed by atoms with Crippen molar-refractivity contribution in [2.24, 2.45) is 5.73 Å². The molecule has 0 amide bonds. The number of H-pyrrole nitrogens is 1. The highest BCUT2D eigenvalue weighted by Crippen LogP contribution is 2.25. The molecule has 0 unspecified atom stereocenters. The molecule has 1 rings (SSSR count). The van der Waals surface area contributed by atoms with E-state index >= 15 is 0 Å². The molecule has 0 bridgehead atoms. The standard InChI is InChI=1S/C6H8F2N2/c7-6(8,4-9)5-1-2-10-3-5/h1-3,10H,4,9H2. The van der Waals surface area contributed by atoms with Gasteiger partial charge in [-0.3, -0.25) is 0 Å². The van der Waals surface area contributed by atoms with Crippen LogP contribution in [0, 0.1) is 0 Å². The average molecular weight is 146 g/mol. The Kier molecular flexibility index (Phi) is 1.72. The molecule has 0 aliphatic rings. The molecular formula is C6H8F2N2. The number of alkyl halides is 2. The zero-order chi connectivity index (χ0) is 7.61. The van der Waals surface area contributed by atoms with E-state index in [0.29, 0.717) is 0 Å². The topological polar surface area (TPSA) is 41.8 Å². The monoisotopic (exact) mass is 146 g/mol. The number of aromatic amines is 1. The van der Waals surface area contributed by atoms with Crippen molar-refractivity contribution in [2.75, 3.05) is 6.54 Å². The van der Waals surface area contributed by atoms with Crippen LogP contribution in [0.1, 0.15) is 5.56 Å². The van der Waals surface area contributed by atoms with Crippen LogP contribution in [0.4, 0.5) is 8.78 Å². The van der Waals surface area contributed by atoms with Crippen LogP contribution in [0.25, 0.3) is 0 Å². The molecule has 2 nitrogen and oxygen atoms in total. The quantitative estimate of drug-likeness (QED) is 0.643. The van der Waals surface area contributed by atoms with Gasteiger partial charge in [0.15, 0.2) is 0 Å². The second-order valence-corrected chi connectivity index (χ2v) is 2.01. The molecule has 1 aromatic rings. The first-order valence-corrected chi connectivity index (χ1v) is 2.88. The van der Waals surface area contributed by atoms with Gasteiger partial charge in [0, 0.05) is 18.0 Å². The van der Waals surface area contributed by atoms with Gasteiger partial charge in [0.05, 0.1) is 6.54 Å². The third-order valence-corrected chi connectivity index (χ3v) is 1.28. The summed E-state index contributed by atoms with van der Waals surface area (Å²) in [5.74, 6) is -2.89. The van der Waals surface area contributed by atoms with Crippen molar-refractivity contribution in [3.8, 4) is 0 Å². The minimum Gasteiger partial charge on any atom is -0.367 e. The van der Waals surface area contributed by atoms with Gasteiger partial charge in [-0.2, -0.15) is 8.78 Å². The van der Waals surface area contributed by atoms with E-state index in [-0.39, 0.29) is 5.56 Å². The van der Waals surface area contributed by atoms with Crippen LogP contribution in [0.5, 0.6) is 0 Å². The number of aromatic nitrogens is 1. The van der Waals surface area contributed by atoms with Crippen LogP contribution in [0.3, 0.4) is 0 Å². The van der Waals surface area contributed by atoms with Gasteiger partial charge < -0.3 is 10.7 Å². The molecule has 0 radical (unpaired) electrons. The van der Waals surface area contributed by atoms with Crippen LogP contribution in [-0.2, 0) is 5.92 Å². The zero-order valence-corrected chi connectivity index (χ0v) is 5.27. The lowest BCUT2D eigenvalue weighted by atomic mass is 10.2. The maximum Gasteiger partial charge on any atom is 0.286 e. The van der Waals surface area contributed by atoms with Gasteiger partial charge in [-0.25, -0.2) is 0 Å². The summed E-state index contributed by atoms with van der Waals surface area (Å²) in [5, 5.41) is 0. The number of nitrogens with two attached hydrogens (primary N) is 1. The summed E-state index contributed by atoms with van der Waals surface area (Å²) in [4.78, 5) is 2.53. The van der Waals surface area contributed by atoms with Crippen LogP contribution in [0.15, 0.2) is 18.5 Å². The normalized spacial score (nSPS) is 11.9. The number of halogens is 2. The lowest BCUT2D eigenvalue weighted by Crippen LogP contribution is -2.24. The molecule has 0 aromatic carbocycles. The Labute approximate surface area is 57.0 Å². The van der Waals surface area contributed by atoms with Gasteiger partial charge in [-0.05, 0) is 6.07 Å². The Bertz CT molecular complexity index is 194. The van der Waals surface area contributed by atoms with Gasteiger partial charge >= 0.3 is 0 Å². The minimum atomic E-state index is -2.89. The molecule has 10 heavy (non-hydrogen) atoms. The molecular weight excluding hydrogens is 138 g/mol. The maximum atomic E-state index is 12.6. The van der Waals surface area contributed by atoms with Crippen molar-refractivity contribution in [3.63, 3.8) is 0 Å². The maximum absolute atomic E-state index is 12.6. The van der Waals surface area contributed by atoms with Crippen molar-refractivity contribution in [1.82, 2.24) is 4.98 Å². The third kappa shape index (κ3) is 1.16. The fourth-order valence-electron chi connectivity index (χ4n) is 0.669. The predicted molar refractivity (Wildman–Crippen MR) is 33.7 cm³/mol. The number of hydrogen-bond donors (Lipinski definition) is 2. The third-order valence-electron chi connectivity index (χ3n) is 1.28. The molecule has 0 spiro atoms. The van der Waals surface area contributed by atoms with E-state index in [1.807, 2.05) is 0 Å². The fraction of sp³-hybridized carbons (Fsp3) is 0.333. The fourth-order valence-corrected chi connectivity index (χ4v) is 0.669. The Morgan fingerprint density at radius 2 is 2.30 bits per heavy atom. The van der Waals surface area contributed by atoms with Crippen molar-refractivity contribution < 1.29 is 8.78 Å². The zero-order valence-electron chi connectivity index (χ0n) is 5.27. The van der Waals surface area contributed by atoms with E-state index in [4.69, 9.17) is 5.73 Å². The van der Waals surface area contributed by atoms with Crippen LogP contribution in [0.2, 0.25) is 0 Å². The number of nitrogens with one attached hydrogen (secondary N) is 1. The van der Waals surface area contributed by atoms with E-state index in [1.54, 1.807) is 0 Å². The molecule has 0 fully saturated rings. The van der Waals surface area contributed by atoms with Gasteiger partial charge in [0.25, 0.3) is 5.92 Å². The van der Waals surface area contributed by atoms with E-state index in [9.17, 15) is 8.78 Å². The Hall–Kier alpha value is -0.900. The first-order valence-electron chi connectivity index (χ1n) is 2.88. The van der Waals surface area contributed by atoms with Gasteiger partial charge in [0.1, 0.15) is 0 Å². The Morgan fingerprint density at radius 3 is 2.70 bits per heavy atom. The van der Waals surface area contributed by atoms with Crippen LogP contribution in [-0.4, -0.2) is 11.5 Å². The van der Waals surface area contributed by atoms with Gasteiger partial charge in [-0.15, -0.1) is 0 Å². The van der Waals surface area contributed by atoms with E-state index < -0.39 is 12.5 Å². The Morgan fingerprint density at radius 1 is 1.60 bits per heavy atom. The summed E-state index contributed by atoms with van der Waals surface area (Å²) in [7, 11) is 0. The summed E-state index contributed by atoms with van der Waals surface area (Å²) in [6, 6.07) is 1.31. The Balaban J connectivity index is 2.85. The summed E-state index contributed by atoms with van der Waals surface area (Å²) < 4.78 is 25.1. The van der Waals surface area contributed by atoms with E-state index in [1.165, 1.54) is 18.5 Å². The largest absolute Gasteiger partial charge is 0.367 e. The molecule has 0 saturated carbocycles. The van der Waals surface area contributed by atoms with E-state index in [0.717, 1.165) is 0 Å². The molecule has 0 atom stereocenters. The highest BCUT2D eigenvalue weighted by Gasteiger charge is 2.29. The summed E-state index contributed by atoms with van der Waals surface area (Å²) in [6.07, 6.45) is 2.69. The van der Waals surface area contributed by atoms with Gasteiger partial charge in [0.2, 0.25) is 0 Å². The van der Waals surface area contributed by atoms with Crippen LogP contribution < -0.4 is 5.73 Å².